The maximum absolute atomic E-state index is 15.8. The van der Waals surface area contributed by atoms with E-state index in [4.69, 9.17) is 4.74 Å². The van der Waals surface area contributed by atoms with Crippen LogP contribution in [-0.4, -0.2) is 54.3 Å². The topological polar surface area (TPSA) is 54.8 Å². The van der Waals surface area contributed by atoms with Crippen molar-refractivity contribution in [3.05, 3.63) is 39.7 Å². The van der Waals surface area contributed by atoms with E-state index in [1.54, 1.807) is 11.5 Å². The highest BCUT2D eigenvalue weighted by Gasteiger charge is 2.37. The van der Waals surface area contributed by atoms with E-state index in [1.165, 1.54) is 6.20 Å². The zero-order valence-electron chi connectivity index (χ0n) is 16.3. The number of pyridine rings is 1. The van der Waals surface area contributed by atoms with Gasteiger partial charge in [-0.2, -0.15) is 0 Å². The van der Waals surface area contributed by atoms with E-state index in [9.17, 15) is 9.59 Å². The number of halogens is 2. The summed E-state index contributed by atoms with van der Waals surface area (Å²) in [6.45, 7) is 4.83. The van der Waals surface area contributed by atoms with Gasteiger partial charge in [-0.15, -0.1) is 0 Å². The molecule has 154 valence electrons. The molecule has 2 aliphatic heterocycles. The lowest BCUT2D eigenvalue weighted by Gasteiger charge is -2.36. The Morgan fingerprint density at radius 3 is 2.69 bits per heavy atom. The molecule has 0 spiro atoms. The molecule has 3 aliphatic rings. The van der Waals surface area contributed by atoms with E-state index in [0.717, 1.165) is 45.0 Å². The van der Waals surface area contributed by atoms with Crippen molar-refractivity contribution in [3.63, 3.8) is 0 Å². The van der Waals surface area contributed by atoms with Gasteiger partial charge in [-0.25, -0.2) is 13.6 Å². The average molecular weight is 403 g/mol. The lowest BCUT2D eigenvalue weighted by Crippen LogP contribution is -2.47. The lowest BCUT2D eigenvalue weighted by atomic mass is 10.1. The predicted molar refractivity (Wildman–Crippen MR) is 105 cm³/mol. The van der Waals surface area contributed by atoms with E-state index in [2.05, 4.69) is 4.90 Å². The number of fused-ring (bicyclic) bond motifs is 3. The van der Waals surface area contributed by atoms with Gasteiger partial charge >= 0.3 is 5.97 Å². The molecular weight excluding hydrogens is 380 g/mol. The SMILES string of the molecule is CCOC(=O)c1cn(C2CC2)c2c(F)c(N3CCN4CCC3C4)c(F)cc2c1=O. The van der Waals surface area contributed by atoms with Gasteiger partial charge in [0.25, 0.3) is 0 Å². The molecule has 29 heavy (non-hydrogen) atoms. The molecule has 6 nitrogen and oxygen atoms in total. The molecule has 0 amide bonds. The van der Waals surface area contributed by atoms with Crippen LogP contribution in [0.1, 0.15) is 42.6 Å². The molecule has 1 saturated carbocycles. The number of esters is 1. The second kappa shape index (κ2) is 6.79. The molecule has 5 rings (SSSR count). The number of benzene rings is 1. The number of hydrogen-bond acceptors (Lipinski definition) is 5. The molecule has 8 heteroatoms. The van der Waals surface area contributed by atoms with Crippen molar-refractivity contribution in [2.45, 2.75) is 38.3 Å². The number of carbonyl (C=O) groups excluding carboxylic acids is 1. The van der Waals surface area contributed by atoms with E-state index >= 15 is 8.78 Å². The summed E-state index contributed by atoms with van der Waals surface area (Å²) in [6.07, 6.45) is 3.91. The fourth-order valence-corrected chi connectivity index (χ4v) is 4.69. The van der Waals surface area contributed by atoms with Crippen LogP contribution in [0.15, 0.2) is 17.1 Å². The van der Waals surface area contributed by atoms with Gasteiger partial charge in [0, 0.05) is 44.5 Å². The van der Waals surface area contributed by atoms with Crippen molar-refractivity contribution in [1.82, 2.24) is 9.47 Å². The molecule has 3 fully saturated rings. The molecule has 1 aromatic heterocycles. The first kappa shape index (κ1) is 18.5. The minimum Gasteiger partial charge on any atom is -0.462 e. The number of ether oxygens (including phenoxy) is 1. The highest BCUT2D eigenvalue weighted by Crippen LogP contribution is 2.40. The number of carbonyl (C=O) groups is 1. The minimum absolute atomic E-state index is 0.00224. The zero-order chi connectivity index (χ0) is 20.3. The summed E-state index contributed by atoms with van der Waals surface area (Å²) in [5.74, 6) is -2.23. The zero-order valence-corrected chi connectivity index (χ0v) is 16.3. The van der Waals surface area contributed by atoms with Crippen LogP contribution in [0.25, 0.3) is 10.9 Å². The third-order valence-electron chi connectivity index (χ3n) is 6.25. The first-order valence-corrected chi connectivity index (χ1v) is 10.2. The number of anilines is 1. The van der Waals surface area contributed by atoms with Crippen LogP contribution in [0, 0.1) is 11.6 Å². The van der Waals surface area contributed by atoms with Crippen LogP contribution >= 0.6 is 0 Å². The van der Waals surface area contributed by atoms with E-state index < -0.39 is 23.0 Å². The monoisotopic (exact) mass is 403 g/mol. The lowest BCUT2D eigenvalue weighted by molar-refractivity contribution is 0.0524. The Morgan fingerprint density at radius 1 is 1.17 bits per heavy atom. The van der Waals surface area contributed by atoms with Crippen molar-refractivity contribution in [3.8, 4) is 0 Å². The molecule has 0 radical (unpaired) electrons. The average Bonchev–Trinajstić information content (AvgIpc) is 3.47. The highest BCUT2D eigenvalue weighted by atomic mass is 19.1. The molecule has 1 aliphatic carbocycles. The Labute approximate surface area is 166 Å². The Bertz CT molecular complexity index is 1060. The second-order valence-corrected chi connectivity index (χ2v) is 8.08. The minimum atomic E-state index is -0.763. The van der Waals surface area contributed by atoms with Crippen molar-refractivity contribution in [2.24, 2.45) is 0 Å². The maximum Gasteiger partial charge on any atom is 0.343 e. The van der Waals surface area contributed by atoms with Crippen LogP contribution in [0.3, 0.4) is 0 Å². The van der Waals surface area contributed by atoms with Crippen LogP contribution in [0.4, 0.5) is 14.5 Å². The molecule has 2 saturated heterocycles. The summed E-state index contributed by atoms with van der Waals surface area (Å²) in [5.41, 5.74) is -0.836. The molecule has 2 atom stereocenters. The van der Waals surface area contributed by atoms with E-state index in [0.29, 0.717) is 6.54 Å². The molecular formula is C21H23F2N3O3. The number of aromatic nitrogens is 1. The molecule has 2 bridgehead atoms. The Kier molecular flexibility index (Phi) is 4.34. The van der Waals surface area contributed by atoms with Crippen LogP contribution in [-0.2, 0) is 4.74 Å². The van der Waals surface area contributed by atoms with Crippen molar-refractivity contribution in [2.75, 3.05) is 37.7 Å². The summed E-state index contributed by atoms with van der Waals surface area (Å²) >= 11 is 0. The summed E-state index contributed by atoms with van der Waals surface area (Å²) in [7, 11) is 0. The van der Waals surface area contributed by atoms with Gasteiger partial charge in [-0.1, -0.05) is 0 Å². The molecule has 3 heterocycles. The van der Waals surface area contributed by atoms with Crippen LogP contribution in [0.2, 0.25) is 0 Å². The molecule has 1 aromatic carbocycles. The summed E-state index contributed by atoms with van der Waals surface area (Å²) in [5, 5.41) is -0.105. The number of hydrogen-bond donors (Lipinski definition) is 0. The van der Waals surface area contributed by atoms with Crippen LogP contribution in [0.5, 0.6) is 0 Å². The Balaban J connectivity index is 1.72. The standard InChI is InChI=1S/C21H23F2N3O3/c1-2-29-21(28)15-11-26(12-3-4-12)18-14(20(15)27)9-16(22)19(17(18)23)25-8-7-24-6-5-13(25)10-24/h9,11-13H,2-8,10H2,1H3. The van der Waals surface area contributed by atoms with E-state index in [1.807, 2.05) is 4.90 Å². The van der Waals surface area contributed by atoms with Gasteiger partial charge in [0.2, 0.25) is 5.43 Å². The summed E-state index contributed by atoms with van der Waals surface area (Å²) in [6, 6.07) is 1.17. The quantitative estimate of drug-likeness (QED) is 0.735. The van der Waals surface area contributed by atoms with Gasteiger partial charge < -0.3 is 14.2 Å². The molecule has 2 unspecified atom stereocenters. The number of piperazine rings is 1. The largest absolute Gasteiger partial charge is 0.462 e. The third kappa shape index (κ3) is 2.92. The molecule has 0 N–H and O–H groups in total. The Morgan fingerprint density at radius 2 is 1.97 bits per heavy atom. The van der Waals surface area contributed by atoms with Gasteiger partial charge in [0.15, 0.2) is 5.82 Å². The maximum atomic E-state index is 15.8. The Hall–Kier alpha value is -2.48. The number of nitrogens with zero attached hydrogens (tertiary/aromatic N) is 3. The predicted octanol–water partition coefficient (Wildman–Crippen LogP) is 2.69. The smallest absolute Gasteiger partial charge is 0.343 e. The second-order valence-electron chi connectivity index (χ2n) is 8.08. The van der Waals surface area contributed by atoms with Crippen LogP contribution < -0.4 is 10.3 Å². The van der Waals surface area contributed by atoms with E-state index in [-0.39, 0.29) is 40.8 Å². The fraction of sp³-hybridized carbons (Fsp3) is 0.524. The first-order chi connectivity index (χ1) is 14.0. The van der Waals surface area contributed by atoms with Gasteiger partial charge in [0.1, 0.15) is 17.1 Å². The van der Waals surface area contributed by atoms with Crippen molar-refractivity contribution in [1.29, 1.82) is 0 Å². The summed E-state index contributed by atoms with van der Waals surface area (Å²) < 4.78 is 37.5. The normalized spacial score (nSPS) is 23.6. The van der Waals surface area contributed by atoms with Gasteiger partial charge in [0.05, 0.1) is 17.5 Å². The highest BCUT2D eigenvalue weighted by molar-refractivity contribution is 5.95. The van der Waals surface area contributed by atoms with Gasteiger partial charge in [-0.3, -0.25) is 9.69 Å². The van der Waals surface area contributed by atoms with Crippen molar-refractivity contribution < 1.29 is 18.3 Å². The van der Waals surface area contributed by atoms with Crippen molar-refractivity contribution >= 4 is 22.6 Å². The fourth-order valence-electron chi connectivity index (χ4n) is 4.69. The third-order valence-corrected chi connectivity index (χ3v) is 6.25. The first-order valence-electron chi connectivity index (χ1n) is 10.2. The van der Waals surface area contributed by atoms with Gasteiger partial charge in [-0.05, 0) is 32.3 Å². The summed E-state index contributed by atoms with van der Waals surface area (Å²) in [4.78, 5) is 29.2. The molecule has 2 aromatic rings. The number of rotatable bonds is 4.